The van der Waals surface area contributed by atoms with E-state index in [1.165, 1.54) is 46.0 Å². The molecule has 0 saturated carbocycles. The quantitative estimate of drug-likeness (QED) is 0.654. The molecular formula is C19H19N3O3S2. The number of nitrogens with zero attached hydrogens (tertiary/aromatic N) is 1. The van der Waals surface area contributed by atoms with Gasteiger partial charge >= 0.3 is 0 Å². The Morgan fingerprint density at radius 3 is 2.89 bits per heavy atom. The van der Waals surface area contributed by atoms with Crippen molar-refractivity contribution in [1.29, 1.82) is 0 Å². The number of hydrogen-bond acceptors (Lipinski definition) is 6. The van der Waals surface area contributed by atoms with Gasteiger partial charge in [-0.3, -0.25) is 20.4 Å². The zero-order valence-electron chi connectivity index (χ0n) is 14.8. The molecule has 0 aromatic carbocycles. The first-order valence-corrected chi connectivity index (χ1v) is 10.5. The highest BCUT2D eigenvalue weighted by molar-refractivity contribution is 7.14. The van der Waals surface area contributed by atoms with E-state index in [-0.39, 0.29) is 18.2 Å². The third-order valence-electron chi connectivity index (χ3n) is 4.49. The maximum atomic E-state index is 12.3. The van der Waals surface area contributed by atoms with Crippen LogP contribution in [0.5, 0.6) is 0 Å². The fraction of sp³-hybridized carbons (Fsp3) is 0.316. The fourth-order valence-electron chi connectivity index (χ4n) is 3.08. The van der Waals surface area contributed by atoms with Gasteiger partial charge in [0.15, 0.2) is 0 Å². The van der Waals surface area contributed by atoms with E-state index in [4.69, 9.17) is 4.42 Å². The van der Waals surface area contributed by atoms with E-state index in [1.807, 2.05) is 23.6 Å². The number of amides is 2. The van der Waals surface area contributed by atoms with Gasteiger partial charge in [0.25, 0.3) is 5.91 Å². The van der Waals surface area contributed by atoms with Gasteiger partial charge in [0.2, 0.25) is 11.8 Å². The monoisotopic (exact) mass is 401 g/mol. The van der Waals surface area contributed by atoms with Crippen molar-refractivity contribution >= 4 is 34.5 Å². The topological polar surface area (TPSA) is 84.2 Å². The third kappa shape index (κ3) is 3.96. The Kier molecular flexibility index (Phi) is 5.09. The molecule has 3 aromatic heterocycles. The number of oxazole rings is 1. The minimum atomic E-state index is -0.334. The van der Waals surface area contributed by atoms with Crippen molar-refractivity contribution in [2.75, 3.05) is 0 Å². The van der Waals surface area contributed by atoms with Crippen LogP contribution in [-0.2, 0) is 24.1 Å². The molecular weight excluding hydrogens is 382 g/mol. The second kappa shape index (κ2) is 7.66. The van der Waals surface area contributed by atoms with Gasteiger partial charge in [-0.1, -0.05) is 6.07 Å². The van der Waals surface area contributed by atoms with Crippen LogP contribution in [-0.4, -0.2) is 16.8 Å². The minimum absolute atomic E-state index is 0.0436. The molecule has 0 unspecified atom stereocenters. The predicted octanol–water partition coefficient (Wildman–Crippen LogP) is 3.66. The van der Waals surface area contributed by atoms with Crippen LogP contribution in [0.15, 0.2) is 28.0 Å². The van der Waals surface area contributed by atoms with Crippen molar-refractivity contribution in [2.45, 2.75) is 39.0 Å². The molecule has 2 amide bonds. The summed E-state index contributed by atoms with van der Waals surface area (Å²) in [5.41, 5.74) is 6.80. The lowest BCUT2D eigenvalue weighted by Gasteiger charge is -2.08. The molecule has 8 heteroatoms. The highest BCUT2D eigenvalue weighted by atomic mass is 32.1. The first-order chi connectivity index (χ1) is 13.1. The SMILES string of the molecule is Cc1oc(-c2cccs2)nc1CC(=O)NNC(=O)c1cc2c(s1)CCCC2. The summed E-state index contributed by atoms with van der Waals surface area (Å²) in [6.07, 6.45) is 4.46. The highest BCUT2D eigenvalue weighted by Gasteiger charge is 2.19. The summed E-state index contributed by atoms with van der Waals surface area (Å²) in [7, 11) is 0. The predicted molar refractivity (Wildman–Crippen MR) is 105 cm³/mol. The van der Waals surface area contributed by atoms with Crippen LogP contribution in [0.4, 0.5) is 0 Å². The molecule has 6 nitrogen and oxygen atoms in total. The molecule has 1 aliphatic carbocycles. The van der Waals surface area contributed by atoms with Gasteiger partial charge in [-0.25, -0.2) is 4.98 Å². The van der Waals surface area contributed by atoms with Crippen molar-refractivity contribution < 1.29 is 14.0 Å². The highest BCUT2D eigenvalue weighted by Crippen LogP contribution is 2.29. The fourth-order valence-corrected chi connectivity index (χ4v) is 4.88. The molecule has 1 aliphatic rings. The zero-order chi connectivity index (χ0) is 18.8. The van der Waals surface area contributed by atoms with E-state index >= 15 is 0 Å². The zero-order valence-corrected chi connectivity index (χ0v) is 16.5. The van der Waals surface area contributed by atoms with Gasteiger partial charge < -0.3 is 4.42 Å². The summed E-state index contributed by atoms with van der Waals surface area (Å²) in [5.74, 6) is 0.502. The summed E-state index contributed by atoms with van der Waals surface area (Å²) in [6.45, 7) is 1.78. The van der Waals surface area contributed by atoms with Crippen molar-refractivity contribution in [1.82, 2.24) is 15.8 Å². The van der Waals surface area contributed by atoms with Gasteiger partial charge in [0.1, 0.15) is 5.76 Å². The number of rotatable bonds is 4. The van der Waals surface area contributed by atoms with Gasteiger partial charge in [-0.2, -0.15) is 0 Å². The molecule has 0 fully saturated rings. The normalized spacial score (nSPS) is 13.2. The van der Waals surface area contributed by atoms with E-state index in [0.29, 0.717) is 22.2 Å². The average molecular weight is 402 g/mol. The molecule has 140 valence electrons. The van der Waals surface area contributed by atoms with Crippen LogP contribution in [0.25, 0.3) is 10.8 Å². The number of fused-ring (bicyclic) bond motifs is 1. The number of thiophene rings is 2. The number of nitrogens with one attached hydrogen (secondary N) is 2. The molecule has 2 N–H and O–H groups in total. The van der Waals surface area contributed by atoms with Crippen molar-refractivity contribution in [3.63, 3.8) is 0 Å². The van der Waals surface area contributed by atoms with Crippen LogP contribution in [0.1, 0.15) is 44.4 Å². The summed E-state index contributed by atoms with van der Waals surface area (Å²) >= 11 is 3.04. The second-order valence-corrected chi connectivity index (χ2v) is 8.53. The molecule has 27 heavy (non-hydrogen) atoms. The van der Waals surface area contributed by atoms with E-state index in [2.05, 4.69) is 15.8 Å². The van der Waals surface area contributed by atoms with E-state index in [9.17, 15) is 9.59 Å². The first kappa shape index (κ1) is 17.9. The Labute approximate surface area is 164 Å². The number of carbonyl (C=O) groups is 2. The van der Waals surface area contributed by atoms with E-state index in [1.54, 1.807) is 6.92 Å². The molecule has 3 aromatic rings. The van der Waals surface area contributed by atoms with Crippen LogP contribution < -0.4 is 10.9 Å². The smallest absolute Gasteiger partial charge is 0.279 e. The largest absolute Gasteiger partial charge is 0.440 e. The lowest BCUT2D eigenvalue weighted by Crippen LogP contribution is -2.42. The van der Waals surface area contributed by atoms with Gasteiger partial charge in [0, 0.05) is 4.88 Å². The van der Waals surface area contributed by atoms with Crippen LogP contribution in [0.3, 0.4) is 0 Å². The summed E-state index contributed by atoms with van der Waals surface area (Å²) in [6, 6.07) is 5.78. The number of carbonyl (C=O) groups excluding carboxylic acids is 2. The van der Waals surface area contributed by atoms with Crippen molar-refractivity contribution in [3.05, 3.63) is 50.4 Å². The Morgan fingerprint density at radius 1 is 1.26 bits per heavy atom. The van der Waals surface area contributed by atoms with Crippen molar-refractivity contribution in [3.8, 4) is 10.8 Å². The molecule has 0 saturated heterocycles. The van der Waals surface area contributed by atoms with Gasteiger partial charge in [-0.15, -0.1) is 22.7 Å². The van der Waals surface area contributed by atoms with Crippen LogP contribution in [0, 0.1) is 6.92 Å². The number of aryl methyl sites for hydroxylation is 3. The molecule has 0 radical (unpaired) electrons. The number of hydrogen-bond donors (Lipinski definition) is 2. The summed E-state index contributed by atoms with van der Waals surface area (Å²) in [5, 5.41) is 1.94. The molecule has 0 atom stereocenters. The summed E-state index contributed by atoms with van der Waals surface area (Å²) < 4.78 is 5.63. The molecule has 0 bridgehead atoms. The first-order valence-electron chi connectivity index (χ1n) is 8.81. The summed E-state index contributed by atoms with van der Waals surface area (Å²) in [4.78, 5) is 31.7. The Bertz CT molecular complexity index is 949. The van der Waals surface area contributed by atoms with E-state index in [0.717, 1.165) is 17.7 Å². The van der Waals surface area contributed by atoms with Gasteiger partial charge in [0.05, 0.1) is 21.9 Å². The van der Waals surface area contributed by atoms with Gasteiger partial charge in [-0.05, 0) is 55.7 Å². The standard InChI is InChI=1S/C19H19N3O3S2/c1-11-13(20-19(25-11)15-7-4-8-26-15)10-17(23)21-22-18(24)16-9-12-5-2-3-6-14(12)27-16/h4,7-9H,2-3,5-6,10H2,1H3,(H,21,23)(H,22,24). The Balaban J connectivity index is 1.34. The maximum Gasteiger partial charge on any atom is 0.279 e. The second-order valence-electron chi connectivity index (χ2n) is 6.44. The van der Waals surface area contributed by atoms with Crippen LogP contribution in [0.2, 0.25) is 0 Å². The molecule has 0 spiro atoms. The molecule has 4 rings (SSSR count). The maximum absolute atomic E-state index is 12.3. The Morgan fingerprint density at radius 2 is 2.11 bits per heavy atom. The van der Waals surface area contributed by atoms with Crippen molar-refractivity contribution in [2.24, 2.45) is 0 Å². The van der Waals surface area contributed by atoms with Crippen LogP contribution >= 0.6 is 22.7 Å². The number of aromatic nitrogens is 1. The minimum Gasteiger partial charge on any atom is -0.440 e. The third-order valence-corrected chi connectivity index (χ3v) is 6.58. The molecule has 3 heterocycles. The molecule has 0 aliphatic heterocycles. The van der Waals surface area contributed by atoms with E-state index < -0.39 is 0 Å². The average Bonchev–Trinajstić information content (AvgIpc) is 3.39. The number of hydrazine groups is 1. The Hall–Kier alpha value is -2.45. The lowest BCUT2D eigenvalue weighted by atomic mass is 9.99. The lowest BCUT2D eigenvalue weighted by molar-refractivity contribution is -0.121.